The third-order valence-electron chi connectivity index (χ3n) is 3.89. The molecule has 1 aliphatic heterocycles. The van der Waals surface area contributed by atoms with Gasteiger partial charge in [0, 0.05) is 19.3 Å². The summed E-state index contributed by atoms with van der Waals surface area (Å²) >= 11 is 6.16. The Hall–Kier alpha value is -2.09. The minimum atomic E-state index is -4.49. The molecule has 1 saturated heterocycles. The molecular formula is C15H14ClF3N4O. The second-order valence-electron chi connectivity index (χ2n) is 5.51. The molecule has 0 spiro atoms. The van der Waals surface area contributed by atoms with E-state index >= 15 is 0 Å². The number of piperidine rings is 1. The molecule has 0 radical (unpaired) electrons. The van der Waals surface area contributed by atoms with Crippen molar-refractivity contribution in [1.29, 1.82) is 0 Å². The quantitative estimate of drug-likeness (QED) is 0.826. The lowest BCUT2D eigenvalue weighted by molar-refractivity contribution is -0.137. The first-order valence-electron chi connectivity index (χ1n) is 7.44. The van der Waals surface area contributed by atoms with Crippen LogP contribution < -0.4 is 10.5 Å². The first-order chi connectivity index (χ1) is 11.4. The Kier molecular flexibility index (Phi) is 4.49. The number of pyridine rings is 1. The predicted molar refractivity (Wildman–Crippen MR) is 83.7 cm³/mol. The molecule has 0 bridgehead atoms. The summed E-state index contributed by atoms with van der Waals surface area (Å²) in [5.74, 6) is -0.0138. The van der Waals surface area contributed by atoms with Gasteiger partial charge in [-0.2, -0.15) is 23.0 Å². The number of hydrogen-bond acceptors (Lipinski definition) is 4. The fourth-order valence-corrected chi connectivity index (χ4v) is 2.87. The van der Waals surface area contributed by atoms with Crippen LogP contribution in [0.2, 0.25) is 5.02 Å². The van der Waals surface area contributed by atoms with Gasteiger partial charge in [-0.25, -0.2) is 4.98 Å². The first-order valence-corrected chi connectivity index (χ1v) is 7.82. The van der Waals surface area contributed by atoms with Gasteiger partial charge < -0.3 is 4.90 Å². The Morgan fingerprint density at radius 1 is 1.08 bits per heavy atom. The summed E-state index contributed by atoms with van der Waals surface area (Å²) in [7, 11) is 0. The predicted octanol–water partition coefficient (Wildman–Crippen LogP) is 3.29. The maximum absolute atomic E-state index is 12.6. The summed E-state index contributed by atoms with van der Waals surface area (Å²) in [4.78, 5) is 18.1. The standard InChI is InChI=1S/C15H14ClF3N4O/c16-13-11(22-6-2-1-3-7-22)9-21-23(14(13)24)12-5-4-10(8-20-12)15(17,18)19/h4-5,8-9H,1-3,6-7H2. The van der Waals surface area contributed by atoms with Gasteiger partial charge in [0.1, 0.15) is 5.02 Å². The molecule has 1 fully saturated rings. The van der Waals surface area contributed by atoms with E-state index in [-0.39, 0.29) is 10.8 Å². The van der Waals surface area contributed by atoms with Crippen LogP contribution >= 0.6 is 11.6 Å². The average molecular weight is 359 g/mol. The van der Waals surface area contributed by atoms with Crippen molar-refractivity contribution >= 4 is 17.3 Å². The van der Waals surface area contributed by atoms with Crippen LogP contribution in [0.15, 0.2) is 29.3 Å². The zero-order chi connectivity index (χ0) is 17.3. The van der Waals surface area contributed by atoms with Gasteiger partial charge in [-0.15, -0.1) is 0 Å². The second-order valence-corrected chi connectivity index (χ2v) is 5.89. The number of rotatable bonds is 2. The van der Waals surface area contributed by atoms with Crippen LogP contribution in [0.5, 0.6) is 0 Å². The second kappa shape index (κ2) is 6.43. The van der Waals surface area contributed by atoms with Crippen molar-refractivity contribution in [2.75, 3.05) is 18.0 Å². The minimum Gasteiger partial charge on any atom is -0.369 e. The molecule has 0 atom stereocenters. The van der Waals surface area contributed by atoms with Crippen molar-refractivity contribution < 1.29 is 13.2 Å². The van der Waals surface area contributed by atoms with Gasteiger partial charge in [-0.1, -0.05) is 11.6 Å². The van der Waals surface area contributed by atoms with Crippen molar-refractivity contribution in [3.63, 3.8) is 0 Å². The molecule has 0 aromatic carbocycles. The van der Waals surface area contributed by atoms with Gasteiger partial charge >= 0.3 is 6.18 Å². The molecule has 24 heavy (non-hydrogen) atoms. The van der Waals surface area contributed by atoms with E-state index in [1.807, 2.05) is 4.90 Å². The van der Waals surface area contributed by atoms with E-state index in [1.54, 1.807) is 0 Å². The summed E-state index contributed by atoms with van der Waals surface area (Å²) < 4.78 is 38.6. The Labute approximate surface area is 140 Å². The normalized spacial score (nSPS) is 15.6. The van der Waals surface area contributed by atoms with E-state index in [1.165, 1.54) is 6.20 Å². The molecule has 0 unspecified atom stereocenters. The van der Waals surface area contributed by atoms with Crippen molar-refractivity contribution in [1.82, 2.24) is 14.8 Å². The number of anilines is 1. The maximum Gasteiger partial charge on any atom is 0.417 e. The fraction of sp³-hybridized carbons (Fsp3) is 0.400. The van der Waals surface area contributed by atoms with E-state index in [0.717, 1.165) is 49.2 Å². The van der Waals surface area contributed by atoms with Crippen LogP contribution in [0.4, 0.5) is 18.9 Å². The van der Waals surface area contributed by atoms with Gasteiger partial charge in [0.25, 0.3) is 5.56 Å². The SMILES string of the molecule is O=c1c(Cl)c(N2CCCCC2)cnn1-c1ccc(C(F)(F)F)cn1. The molecule has 2 aromatic heterocycles. The van der Waals surface area contributed by atoms with E-state index < -0.39 is 17.3 Å². The lowest BCUT2D eigenvalue weighted by Gasteiger charge is -2.29. The summed E-state index contributed by atoms with van der Waals surface area (Å²) in [6.45, 7) is 1.59. The van der Waals surface area contributed by atoms with Gasteiger partial charge in [0.2, 0.25) is 0 Å². The van der Waals surface area contributed by atoms with E-state index in [2.05, 4.69) is 10.1 Å². The highest BCUT2D eigenvalue weighted by Crippen LogP contribution is 2.29. The molecule has 5 nitrogen and oxygen atoms in total. The Morgan fingerprint density at radius 2 is 1.79 bits per heavy atom. The van der Waals surface area contributed by atoms with Crippen LogP contribution in [0.3, 0.4) is 0 Å². The molecule has 0 saturated carbocycles. The average Bonchev–Trinajstić information content (AvgIpc) is 2.57. The molecular weight excluding hydrogens is 345 g/mol. The van der Waals surface area contributed by atoms with Crippen molar-refractivity contribution in [2.24, 2.45) is 0 Å². The fourth-order valence-electron chi connectivity index (χ4n) is 2.62. The Bertz CT molecular complexity index is 783. The van der Waals surface area contributed by atoms with Crippen molar-refractivity contribution in [3.05, 3.63) is 45.5 Å². The largest absolute Gasteiger partial charge is 0.417 e. The molecule has 3 heterocycles. The zero-order valence-electron chi connectivity index (χ0n) is 12.6. The number of nitrogens with zero attached hydrogens (tertiary/aromatic N) is 4. The van der Waals surface area contributed by atoms with Gasteiger partial charge in [0.05, 0.1) is 17.4 Å². The van der Waals surface area contributed by atoms with Crippen LogP contribution in [-0.2, 0) is 6.18 Å². The summed E-state index contributed by atoms with van der Waals surface area (Å²) in [6.07, 6.45) is 0.790. The maximum atomic E-state index is 12.6. The smallest absolute Gasteiger partial charge is 0.369 e. The van der Waals surface area contributed by atoms with Gasteiger partial charge in [0.15, 0.2) is 5.82 Å². The monoisotopic (exact) mass is 358 g/mol. The molecule has 0 aliphatic carbocycles. The van der Waals surface area contributed by atoms with E-state index in [0.29, 0.717) is 11.9 Å². The van der Waals surface area contributed by atoms with Gasteiger partial charge in [-0.3, -0.25) is 4.79 Å². The lowest BCUT2D eigenvalue weighted by atomic mass is 10.1. The third-order valence-corrected chi connectivity index (χ3v) is 4.24. The summed E-state index contributed by atoms with van der Waals surface area (Å²) in [5, 5.41) is 4.00. The highest BCUT2D eigenvalue weighted by molar-refractivity contribution is 6.33. The van der Waals surface area contributed by atoms with Gasteiger partial charge in [-0.05, 0) is 31.4 Å². The Balaban J connectivity index is 1.95. The molecule has 0 amide bonds. The van der Waals surface area contributed by atoms with Crippen molar-refractivity contribution in [2.45, 2.75) is 25.4 Å². The number of hydrogen-bond donors (Lipinski definition) is 0. The number of alkyl halides is 3. The first kappa shape index (κ1) is 16.8. The molecule has 9 heteroatoms. The van der Waals surface area contributed by atoms with Crippen LogP contribution in [0, 0.1) is 0 Å². The van der Waals surface area contributed by atoms with E-state index in [9.17, 15) is 18.0 Å². The third kappa shape index (κ3) is 3.24. The van der Waals surface area contributed by atoms with Crippen LogP contribution in [0.1, 0.15) is 24.8 Å². The lowest BCUT2D eigenvalue weighted by Crippen LogP contribution is -2.32. The summed E-state index contributed by atoms with van der Waals surface area (Å²) in [6, 6.07) is 1.94. The molecule has 0 N–H and O–H groups in total. The number of halogens is 4. The van der Waals surface area contributed by atoms with Crippen molar-refractivity contribution in [3.8, 4) is 5.82 Å². The van der Waals surface area contributed by atoms with Crippen LogP contribution in [-0.4, -0.2) is 27.9 Å². The highest BCUT2D eigenvalue weighted by atomic mass is 35.5. The summed E-state index contributed by atoms with van der Waals surface area (Å²) in [5.41, 5.74) is -0.952. The highest BCUT2D eigenvalue weighted by Gasteiger charge is 2.30. The number of aromatic nitrogens is 3. The molecule has 1 aliphatic rings. The topological polar surface area (TPSA) is 51.0 Å². The van der Waals surface area contributed by atoms with E-state index in [4.69, 9.17) is 11.6 Å². The molecule has 3 rings (SSSR count). The molecule has 2 aromatic rings. The zero-order valence-corrected chi connectivity index (χ0v) is 13.3. The molecule has 128 valence electrons. The van der Waals surface area contributed by atoms with Crippen LogP contribution in [0.25, 0.3) is 5.82 Å². The minimum absolute atomic E-state index is 0.00593. The Morgan fingerprint density at radius 3 is 2.38 bits per heavy atom.